The van der Waals surface area contributed by atoms with Crippen molar-refractivity contribution >= 4 is 16.5 Å². The second-order valence-corrected chi connectivity index (χ2v) is 9.45. The first-order valence-electron chi connectivity index (χ1n) is 12.6. The van der Waals surface area contributed by atoms with E-state index in [0.717, 1.165) is 71.6 Å². The van der Waals surface area contributed by atoms with Gasteiger partial charge in [-0.3, -0.25) is 0 Å². The Balaban J connectivity index is 0.00000280. The Hall–Kier alpha value is -3.32. The lowest BCUT2D eigenvalue weighted by Crippen LogP contribution is -3.00. The van der Waals surface area contributed by atoms with Crippen LogP contribution in [0.3, 0.4) is 0 Å². The van der Waals surface area contributed by atoms with E-state index in [4.69, 9.17) is 14.2 Å². The van der Waals surface area contributed by atoms with Gasteiger partial charge in [0.15, 0.2) is 24.2 Å². The van der Waals surface area contributed by atoms with Crippen LogP contribution in [-0.2, 0) is 19.4 Å². The molecule has 0 spiro atoms. The Bertz CT molecular complexity index is 1460. The van der Waals surface area contributed by atoms with E-state index in [9.17, 15) is 4.39 Å². The minimum Gasteiger partial charge on any atom is -1.00 e. The molecule has 4 aromatic rings. The number of hydrogen-bond donors (Lipinski definition) is 1. The number of benzene rings is 3. The number of rotatable bonds is 7. The van der Waals surface area contributed by atoms with Gasteiger partial charge in [-0.05, 0) is 53.9 Å². The molecule has 3 heterocycles. The second kappa shape index (κ2) is 10.6. The highest BCUT2D eigenvalue weighted by molar-refractivity contribution is 6.00. The molecule has 0 radical (unpaired) electrons. The van der Waals surface area contributed by atoms with Crippen LogP contribution in [0.25, 0.3) is 22.0 Å². The van der Waals surface area contributed by atoms with E-state index >= 15 is 0 Å². The van der Waals surface area contributed by atoms with E-state index in [2.05, 4.69) is 41.2 Å². The number of anilines is 1. The summed E-state index contributed by atoms with van der Waals surface area (Å²) in [5, 5.41) is 5.94. The number of nitrogens with zero attached hydrogens (tertiary/aromatic N) is 1. The van der Waals surface area contributed by atoms with Gasteiger partial charge >= 0.3 is 0 Å². The van der Waals surface area contributed by atoms with Gasteiger partial charge in [0.25, 0.3) is 0 Å². The van der Waals surface area contributed by atoms with E-state index in [1.54, 1.807) is 7.11 Å². The molecule has 0 fully saturated rings. The molecule has 0 saturated carbocycles. The summed E-state index contributed by atoms with van der Waals surface area (Å²) >= 11 is 0. The average molecular weight is 565 g/mol. The average Bonchev–Trinajstić information content (AvgIpc) is 3.36. The summed E-state index contributed by atoms with van der Waals surface area (Å²) in [5.41, 5.74) is 6.90. The highest BCUT2D eigenvalue weighted by Crippen LogP contribution is 2.43. The van der Waals surface area contributed by atoms with E-state index in [0.29, 0.717) is 6.42 Å². The maximum absolute atomic E-state index is 13.7. The Labute approximate surface area is 226 Å². The Morgan fingerprint density at radius 3 is 2.57 bits per heavy atom. The van der Waals surface area contributed by atoms with E-state index in [1.807, 2.05) is 18.2 Å². The number of halogens is 2. The molecule has 0 unspecified atom stereocenters. The number of methoxy groups -OCH3 is 1. The molecule has 2 aliphatic heterocycles. The van der Waals surface area contributed by atoms with Crippen LogP contribution in [0, 0.1) is 5.82 Å². The van der Waals surface area contributed by atoms with Crippen LogP contribution in [0.1, 0.15) is 36.5 Å². The van der Waals surface area contributed by atoms with Gasteiger partial charge in [0.1, 0.15) is 11.6 Å². The number of unbranched alkanes of at least 4 members (excludes halogenated alkanes) is 1. The minimum atomic E-state index is -0.224. The van der Waals surface area contributed by atoms with Gasteiger partial charge in [-0.1, -0.05) is 25.5 Å². The smallest absolute Gasteiger partial charge is 0.231 e. The van der Waals surface area contributed by atoms with E-state index in [-0.39, 0.29) is 29.6 Å². The Kier molecular flexibility index (Phi) is 7.24. The number of pyridine rings is 1. The molecule has 7 heteroatoms. The zero-order valence-corrected chi connectivity index (χ0v) is 22.7. The standard InChI is InChI=1S/C30H29FN2O3.BrH/c1-3-4-12-32-29-25-17-33-13-11-20-15-27-28(36-18-35-27)16-23(20)30(33)24(22(25)9-10-26(29)34-2)14-19-5-7-21(31)8-6-19;/h5-10,15-17H,3-4,11-14,18H2,1-2H3;1H. The molecule has 2 aliphatic rings. The predicted molar refractivity (Wildman–Crippen MR) is 139 cm³/mol. The number of aromatic nitrogens is 1. The van der Waals surface area contributed by atoms with Crippen LogP contribution in [-0.4, -0.2) is 20.4 Å². The third-order valence-electron chi connectivity index (χ3n) is 7.21. The second-order valence-electron chi connectivity index (χ2n) is 9.45. The van der Waals surface area contributed by atoms with Gasteiger partial charge in [0, 0.05) is 30.3 Å². The number of hydrogen-bond acceptors (Lipinski definition) is 4. The van der Waals surface area contributed by atoms with Crippen molar-refractivity contribution in [1.29, 1.82) is 0 Å². The fourth-order valence-corrected chi connectivity index (χ4v) is 5.39. The molecule has 0 amide bonds. The van der Waals surface area contributed by atoms with Crippen LogP contribution < -0.4 is 41.1 Å². The molecule has 1 N–H and O–H groups in total. The van der Waals surface area contributed by atoms with Crippen molar-refractivity contribution in [2.24, 2.45) is 0 Å². The zero-order valence-electron chi connectivity index (χ0n) is 21.1. The molecule has 0 bridgehead atoms. The van der Waals surface area contributed by atoms with Crippen molar-refractivity contribution in [2.75, 3.05) is 25.8 Å². The molecule has 0 atom stereocenters. The van der Waals surface area contributed by atoms with Crippen LogP contribution in [0.5, 0.6) is 17.2 Å². The lowest BCUT2D eigenvalue weighted by Gasteiger charge is -2.22. The fourth-order valence-electron chi connectivity index (χ4n) is 5.39. The number of nitrogens with one attached hydrogen (secondary N) is 1. The van der Waals surface area contributed by atoms with E-state index in [1.165, 1.54) is 34.5 Å². The normalized spacial score (nSPS) is 13.1. The molecule has 192 valence electrons. The molecule has 0 aliphatic carbocycles. The molecule has 6 rings (SSSR count). The van der Waals surface area contributed by atoms with Crippen LogP contribution in [0.15, 0.2) is 54.7 Å². The Morgan fingerprint density at radius 1 is 1.03 bits per heavy atom. The first-order valence-corrected chi connectivity index (χ1v) is 12.6. The van der Waals surface area contributed by atoms with Gasteiger partial charge in [0.2, 0.25) is 12.5 Å². The molecule has 1 aromatic heterocycles. The Morgan fingerprint density at radius 2 is 1.81 bits per heavy atom. The molecular formula is C30H30BrFN2O3. The number of aryl methyl sites for hydroxylation is 2. The monoisotopic (exact) mass is 564 g/mol. The SMILES string of the molecule is CCCCNc1c(OC)ccc2c(Cc3ccc(F)cc3)c3[n+](cc12)CCc1cc2c(cc1-3)OCO2.[Br-]. The third kappa shape index (κ3) is 4.61. The summed E-state index contributed by atoms with van der Waals surface area (Å²) in [6.45, 7) is 4.19. The number of ether oxygens (including phenoxy) is 3. The minimum absolute atomic E-state index is 0. The van der Waals surface area contributed by atoms with Crippen LogP contribution in [0.2, 0.25) is 0 Å². The fraction of sp³-hybridized carbons (Fsp3) is 0.300. The largest absolute Gasteiger partial charge is 1.00 e. The summed E-state index contributed by atoms with van der Waals surface area (Å²) < 4.78 is 33.2. The molecule has 37 heavy (non-hydrogen) atoms. The van der Waals surface area contributed by atoms with Gasteiger partial charge in [-0.15, -0.1) is 0 Å². The summed E-state index contributed by atoms with van der Waals surface area (Å²) in [6, 6.07) is 15.3. The zero-order chi connectivity index (χ0) is 24.6. The van der Waals surface area contributed by atoms with Crippen LogP contribution in [0.4, 0.5) is 10.1 Å². The van der Waals surface area contributed by atoms with Gasteiger partial charge in [0.05, 0.1) is 23.7 Å². The summed E-state index contributed by atoms with van der Waals surface area (Å²) in [6.07, 6.45) is 6.05. The lowest BCUT2D eigenvalue weighted by molar-refractivity contribution is -0.686. The van der Waals surface area contributed by atoms with Crippen molar-refractivity contribution in [1.82, 2.24) is 0 Å². The van der Waals surface area contributed by atoms with Crippen molar-refractivity contribution < 1.29 is 40.1 Å². The maximum Gasteiger partial charge on any atom is 0.231 e. The van der Waals surface area contributed by atoms with Crippen LogP contribution >= 0.6 is 0 Å². The molecule has 0 saturated heterocycles. The molecular weight excluding hydrogens is 535 g/mol. The van der Waals surface area contributed by atoms with Crippen molar-refractivity contribution in [3.8, 4) is 28.5 Å². The number of fused-ring (bicyclic) bond motifs is 5. The van der Waals surface area contributed by atoms with Gasteiger partial charge in [-0.25, -0.2) is 4.39 Å². The highest BCUT2D eigenvalue weighted by atomic mass is 79.9. The maximum atomic E-state index is 13.7. The van der Waals surface area contributed by atoms with Crippen molar-refractivity contribution in [3.63, 3.8) is 0 Å². The van der Waals surface area contributed by atoms with E-state index < -0.39 is 0 Å². The van der Waals surface area contributed by atoms with Crippen molar-refractivity contribution in [2.45, 2.75) is 39.2 Å². The highest BCUT2D eigenvalue weighted by Gasteiger charge is 2.32. The summed E-state index contributed by atoms with van der Waals surface area (Å²) in [4.78, 5) is 0. The predicted octanol–water partition coefficient (Wildman–Crippen LogP) is 3.03. The molecule has 5 nitrogen and oxygen atoms in total. The van der Waals surface area contributed by atoms with Gasteiger partial charge < -0.3 is 36.5 Å². The lowest BCUT2D eigenvalue weighted by atomic mass is 9.88. The quantitative estimate of drug-likeness (QED) is 0.277. The molecule has 3 aromatic carbocycles. The van der Waals surface area contributed by atoms with Crippen molar-refractivity contribution in [3.05, 3.63) is 77.2 Å². The summed E-state index contributed by atoms with van der Waals surface area (Å²) in [7, 11) is 1.72. The topological polar surface area (TPSA) is 43.6 Å². The summed E-state index contributed by atoms with van der Waals surface area (Å²) in [5.74, 6) is 2.21. The third-order valence-corrected chi connectivity index (χ3v) is 7.21. The van der Waals surface area contributed by atoms with Gasteiger partial charge in [-0.2, -0.15) is 4.57 Å². The first kappa shape index (κ1) is 25.3. The first-order chi connectivity index (χ1) is 17.7.